The van der Waals surface area contributed by atoms with Crippen molar-refractivity contribution in [2.45, 2.75) is 13.5 Å². The van der Waals surface area contributed by atoms with E-state index in [0.29, 0.717) is 12.3 Å². The fraction of sp³-hybridized carbons (Fsp3) is 0.500. The summed E-state index contributed by atoms with van der Waals surface area (Å²) in [6.45, 7) is 2.24. The second-order valence-electron chi connectivity index (χ2n) is 2.64. The standard InChI is InChI=1S/C8H12N2O3/c1-6-3-7(13-10-6)4-9-8(11)5-12-2/h3H,4-5H2,1-2H3,(H,9,11). The van der Waals surface area contributed by atoms with Gasteiger partial charge in [0.2, 0.25) is 5.91 Å². The molecule has 0 atom stereocenters. The van der Waals surface area contributed by atoms with Gasteiger partial charge in [-0.3, -0.25) is 4.79 Å². The molecule has 1 rings (SSSR count). The van der Waals surface area contributed by atoms with Crippen molar-refractivity contribution in [3.8, 4) is 0 Å². The molecule has 1 aromatic heterocycles. The minimum atomic E-state index is -0.170. The Bertz CT molecular complexity index is 283. The first-order valence-electron chi connectivity index (χ1n) is 3.90. The molecule has 0 spiro atoms. The van der Waals surface area contributed by atoms with E-state index in [1.807, 2.05) is 6.92 Å². The molecule has 72 valence electrons. The minimum Gasteiger partial charge on any atom is -0.375 e. The molecule has 5 nitrogen and oxygen atoms in total. The zero-order valence-electron chi connectivity index (χ0n) is 7.66. The number of rotatable bonds is 4. The molecule has 0 radical (unpaired) electrons. The first-order chi connectivity index (χ1) is 6.22. The van der Waals surface area contributed by atoms with Crippen LogP contribution in [0.4, 0.5) is 0 Å². The highest BCUT2D eigenvalue weighted by molar-refractivity contribution is 5.77. The van der Waals surface area contributed by atoms with Gasteiger partial charge in [-0.2, -0.15) is 0 Å². The summed E-state index contributed by atoms with van der Waals surface area (Å²) in [4.78, 5) is 10.9. The highest BCUT2D eigenvalue weighted by atomic mass is 16.5. The third-order valence-electron chi connectivity index (χ3n) is 1.41. The molecule has 0 aliphatic carbocycles. The van der Waals surface area contributed by atoms with Crippen molar-refractivity contribution in [3.05, 3.63) is 17.5 Å². The van der Waals surface area contributed by atoms with Gasteiger partial charge in [0, 0.05) is 13.2 Å². The van der Waals surface area contributed by atoms with Crippen LogP contribution in [-0.2, 0) is 16.1 Å². The van der Waals surface area contributed by atoms with Crippen LogP contribution < -0.4 is 5.32 Å². The predicted molar refractivity (Wildman–Crippen MR) is 45.0 cm³/mol. The third kappa shape index (κ3) is 3.25. The zero-order valence-corrected chi connectivity index (χ0v) is 7.66. The van der Waals surface area contributed by atoms with Crippen LogP contribution in [0, 0.1) is 6.92 Å². The normalized spacial score (nSPS) is 10.0. The molecule has 0 saturated carbocycles. The number of aromatic nitrogens is 1. The maximum absolute atomic E-state index is 10.9. The van der Waals surface area contributed by atoms with Crippen molar-refractivity contribution in [1.82, 2.24) is 10.5 Å². The number of nitrogens with zero attached hydrogens (tertiary/aromatic N) is 1. The number of hydrogen-bond acceptors (Lipinski definition) is 4. The Kier molecular flexibility index (Phi) is 3.45. The number of methoxy groups -OCH3 is 1. The molecular weight excluding hydrogens is 172 g/mol. The fourth-order valence-electron chi connectivity index (χ4n) is 0.867. The maximum atomic E-state index is 10.9. The monoisotopic (exact) mass is 184 g/mol. The fourth-order valence-corrected chi connectivity index (χ4v) is 0.867. The SMILES string of the molecule is COCC(=O)NCc1cc(C)no1. The van der Waals surface area contributed by atoms with Crippen LogP contribution in [0.5, 0.6) is 0 Å². The smallest absolute Gasteiger partial charge is 0.246 e. The van der Waals surface area contributed by atoms with Gasteiger partial charge in [0.15, 0.2) is 5.76 Å². The summed E-state index contributed by atoms with van der Waals surface area (Å²) in [5.41, 5.74) is 0.802. The van der Waals surface area contributed by atoms with E-state index in [1.165, 1.54) is 7.11 Å². The van der Waals surface area contributed by atoms with Gasteiger partial charge in [-0.15, -0.1) is 0 Å². The van der Waals surface area contributed by atoms with E-state index in [4.69, 9.17) is 4.52 Å². The van der Waals surface area contributed by atoms with E-state index >= 15 is 0 Å². The molecule has 1 N–H and O–H groups in total. The van der Waals surface area contributed by atoms with Gasteiger partial charge in [-0.25, -0.2) is 0 Å². The van der Waals surface area contributed by atoms with Crippen molar-refractivity contribution in [2.75, 3.05) is 13.7 Å². The molecule has 13 heavy (non-hydrogen) atoms. The van der Waals surface area contributed by atoms with Gasteiger partial charge < -0.3 is 14.6 Å². The van der Waals surface area contributed by atoms with Crippen molar-refractivity contribution in [3.63, 3.8) is 0 Å². The van der Waals surface area contributed by atoms with Crippen molar-refractivity contribution in [2.24, 2.45) is 0 Å². The van der Waals surface area contributed by atoms with Crippen molar-refractivity contribution in [1.29, 1.82) is 0 Å². The Morgan fingerprint density at radius 2 is 2.54 bits per heavy atom. The average molecular weight is 184 g/mol. The van der Waals surface area contributed by atoms with Gasteiger partial charge in [-0.1, -0.05) is 5.16 Å². The van der Waals surface area contributed by atoms with Gasteiger partial charge in [0.05, 0.1) is 12.2 Å². The lowest BCUT2D eigenvalue weighted by atomic mass is 10.4. The lowest BCUT2D eigenvalue weighted by molar-refractivity contribution is -0.124. The highest BCUT2D eigenvalue weighted by Crippen LogP contribution is 2.00. The number of nitrogens with one attached hydrogen (secondary N) is 1. The van der Waals surface area contributed by atoms with Crippen LogP contribution in [0.2, 0.25) is 0 Å². The molecule has 0 fully saturated rings. The lowest BCUT2D eigenvalue weighted by Crippen LogP contribution is -2.26. The lowest BCUT2D eigenvalue weighted by Gasteiger charge is -1.99. The Hall–Kier alpha value is -1.36. The number of aryl methyl sites for hydroxylation is 1. The number of ether oxygens (including phenoxy) is 1. The molecule has 0 saturated heterocycles. The Morgan fingerprint density at radius 1 is 1.77 bits per heavy atom. The summed E-state index contributed by atoms with van der Waals surface area (Å²) in [5, 5.41) is 6.30. The Balaban J connectivity index is 2.30. The first kappa shape index (κ1) is 9.73. The van der Waals surface area contributed by atoms with Gasteiger partial charge in [0.1, 0.15) is 6.61 Å². The van der Waals surface area contributed by atoms with Crippen molar-refractivity contribution < 1.29 is 14.1 Å². The molecule has 1 amide bonds. The minimum absolute atomic E-state index is 0.0626. The van der Waals surface area contributed by atoms with Gasteiger partial charge >= 0.3 is 0 Å². The second kappa shape index (κ2) is 4.61. The summed E-state index contributed by atoms with van der Waals surface area (Å²) in [5.74, 6) is 0.471. The van der Waals surface area contributed by atoms with Crippen LogP contribution >= 0.6 is 0 Å². The number of carbonyl (C=O) groups excluding carboxylic acids is 1. The van der Waals surface area contributed by atoms with E-state index in [1.54, 1.807) is 6.07 Å². The third-order valence-corrected chi connectivity index (χ3v) is 1.41. The van der Waals surface area contributed by atoms with Crippen LogP contribution in [0.15, 0.2) is 10.6 Å². The molecule has 1 aromatic rings. The molecule has 5 heteroatoms. The van der Waals surface area contributed by atoms with E-state index < -0.39 is 0 Å². The van der Waals surface area contributed by atoms with E-state index in [2.05, 4.69) is 15.2 Å². The maximum Gasteiger partial charge on any atom is 0.246 e. The van der Waals surface area contributed by atoms with Gasteiger partial charge in [0.25, 0.3) is 0 Å². The highest BCUT2D eigenvalue weighted by Gasteiger charge is 2.03. The average Bonchev–Trinajstić information content (AvgIpc) is 2.49. The second-order valence-corrected chi connectivity index (χ2v) is 2.64. The molecule has 0 aromatic carbocycles. The van der Waals surface area contributed by atoms with E-state index in [9.17, 15) is 4.79 Å². The Morgan fingerprint density at radius 3 is 3.08 bits per heavy atom. The van der Waals surface area contributed by atoms with Crippen LogP contribution in [-0.4, -0.2) is 24.8 Å². The molecule has 1 heterocycles. The van der Waals surface area contributed by atoms with Crippen molar-refractivity contribution >= 4 is 5.91 Å². The summed E-state index contributed by atoms with van der Waals surface area (Å²) >= 11 is 0. The van der Waals surface area contributed by atoms with Crippen LogP contribution in [0.25, 0.3) is 0 Å². The summed E-state index contributed by atoms with van der Waals surface area (Å²) in [7, 11) is 1.47. The quantitative estimate of drug-likeness (QED) is 0.728. The van der Waals surface area contributed by atoms with E-state index in [0.717, 1.165) is 5.69 Å². The van der Waals surface area contributed by atoms with Gasteiger partial charge in [-0.05, 0) is 6.92 Å². The summed E-state index contributed by atoms with van der Waals surface area (Å²) < 4.78 is 9.53. The summed E-state index contributed by atoms with van der Waals surface area (Å²) in [6.07, 6.45) is 0. The van der Waals surface area contributed by atoms with E-state index in [-0.39, 0.29) is 12.5 Å². The van der Waals surface area contributed by atoms with Crippen LogP contribution in [0.1, 0.15) is 11.5 Å². The molecular formula is C8H12N2O3. The number of hydrogen-bond donors (Lipinski definition) is 1. The largest absolute Gasteiger partial charge is 0.375 e. The molecule has 0 bridgehead atoms. The molecule has 0 aliphatic heterocycles. The summed E-state index contributed by atoms with van der Waals surface area (Å²) in [6, 6.07) is 1.77. The predicted octanol–water partition coefficient (Wildman–Crippen LogP) is 0.246. The number of carbonyl (C=O) groups is 1. The first-order valence-corrected chi connectivity index (χ1v) is 3.90. The topological polar surface area (TPSA) is 64.4 Å². The molecule has 0 unspecified atom stereocenters. The number of amides is 1. The van der Waals surface area contributed by atoms with Crippen LogP contribution in [0.3, 0.4) is 0 Å². The Labute approximate surface area is 76.0 Å². The zero-order chi connectivity index (χ0) is 9.68. The molecule has 0 aliphatic rings.